The number of piperidine rings is 1. The lowest BCUT2D eigenvalue weighted by molar-refractivity contribution is 0.188. The molecule has 0 bridgehead atoms. The van der Waals surface area contributed by atoms with E-state index in [0.29, 0.717) is 0 Å². The number of rotatable bonds is 6. The number of guanidine groups is 1. The van der Waals surface area contributed by atoms with Crippen LogP contribution in [0.3, 0.4) is 0 Å². The number of halogens is 1. The van der Waals surface area contributed by atoms with Crippen molar-refractivity contribution in [2.24, 2.45) is 10.9 Å². The molecule has 3 heterocycles. The Bertz CT molecular complexity index is 601. The van der Waals surface area contributed by atoms with E-state index in [-0.39, 0.29) is 24.0 Å². The van der Waals surface area contributed by atoms with Crippen molar-refractivity contribution in [1.29, 1.82) is 0 Å². The molecule has 0 spiro atoms. The highest BCUT2D eigenvalue weighted by Gasteiger charge is 2.22. The minimum Gasteiger partial charge on any atom is -0.357 e. The van der Waals surface area contributed by atoms with Crippen molar-refractivity contribution in [3.8, 4) is 0 Å². The highest BCUT2D eigenvalue weighted by Crippen LogP contribution is 2.19. The van der Waals surface area contributed by atoms with Gasteiger partial charge in [0.1, 0.15) is 5.82 Å². The monoisotopic (exact) mass is 521 g/mol. The first-order valence-electron chi connectivity index (χ1n) is 10.5. The summed E-state index contributed by atoms with van der Waals surface area (Å²) in [5.41, 5.74) is 0. The summed E-state index contributed by atoms with van der Waals surface area (Å²) in [4.78, 5) is 16.9. The van der Waals surface area contributed by atoms with Crippen molar-refractivity contribution in [2.45, 2.75) is 40.0 Å². The predicted molar refractivity (Wildman–Crippen MR) is 129 cm³/mol. The molecule has 1 atom stereocenters. The average Bonchev–Trinajstić information content (AvgIpc) is 3.17. The topological polar surface area (TPSA) is 59.9 Å². The molecular formula is C19H36IN7S. The maximum Gasteiger partial charge on any atom is 0.205 e. The summed E-state index contributed by atoms with van der Waals surface area (Å²) in [6.07, 6.45) is 3.61. The van der Waals surface area contributed by atoms with E-state index in [1.165, 1.54) is 37.5 Å². The number of nitrogens with one attached hydrogen (secondary N) is 1. The molecular weight excluding hydrogens is 485 g/mol. The van der Waals surface area contributed by atoms with E-state index in [1.807, 2.05) is 0 Å². The average molecular weight is 522 g/mol. The highest BCUT2D eigenvalue weighted by atomic mass is 127. The van der Waals surface area contributed by atoms with Gasteiger partial charge in [0.05, 0.1) is 6.54 Å². The Morgan fingerprint density at radius 1 is 1.21 bits per heavy atom. The Balaban J connectivity index is 0.00000280. The normalized spacial score (nSPS) is 21.5. The van der Waals surface area contributed by atoms with E-state index in [4.69, 9.17) is 4.99 Å². The van der Waals surface area contributed by atoms with Crippen molar-refractivity contribution in [2.75, 3.05) is 63.8 Å². The molecule has 0 radical (unpaired) electrons. The lowest BCUT2D eigenvalue weighted by Crippen LogP contribution is -2.52. The zero-order valence-corrected chi connectivity index (χ0v) is 20.7. The predicted octanol–water partition coefficient (Wildman–Crippen LogP) is 2.54. The van der Waals surface area contributed by atoms with Crippen molar-refractivity contribution in [3.05, 3.63) is 5.82 Å². The molecule has 7 nitrogen and oxygen atoms in total. The van der Waals surface area contributed by atoms with E-state index in [0.717, 1.165) is 75.1 Å². The Hall–Kier alpha value is -0.680. The summed E-state index contributed by atoms with van der Waals surface area (Å²) in [7, 11) is 0. The minimum absolute atomic E-state index is 0. The second-order valence-corrected chi connectivity index (χ2v) is 8.33. The van der Waals surface area contributed by atoms with Gasteiger partial charge in [-0.1, -0.05) is 13.8 Å². The largest absolute Gasteiger partial charge is 0.357 e. The van der Waals surface area contributed by atoms with Crippen LogP contribution in [0.5, 0.6) is 0 Å². The smallest absolute Gasteiger partial charge is 0.205 e. The van der Waals surface area contributed by atoms with Gasteiger partial charge in [-0.3, -0.25) is 4.99 Å². The molecule has 28 heavy (non-hydrogen) atoms. The van der Waals surface area contributed by atoms with Gasteiger partial charge >= 0.3 is 0 Å². The maximum absolute atomic E-state index is 4.92. The molecule has 160 valence electrons. The van der Waals surface area contributed by atoms with Crippen LogP contribution in [0.1, 0.15) is 39.4 Å². The number of hydrogen-bond acceptors (Lipinski definition) is 6. The first-order chi connectivity index (χ1) is 13.2. The van der Waals surface area contributed by atoms with Gasteiger partial charge in [0.15, 0.2) is 5.96 Å². The lowest BCUT2D eigenvalue weighted by Gasteiger charge is -2.36. The number of hydrogen-bond donors (Lipinski definition) is 1. The molecule has 1 N–H and O–H groups in total. The zero-order chi connectivity index (χ0) is 19.1. The van der Waals surface area contributed by atoms with Gasteiger partial charge in [-0.25, -0.2) is 4.98 Å². The zero-order valence-electron chi connectivity index (χ0n) is 17.6. The van der Waals surface area contributed by atoms with Crippen LogP contribution < -0.4 is 10.2 Å². The molecule has 2 aliphatic heterocycles. The highest BCUT2D eigenvalue weighted by molar-refractivity contribution is 14.0. The number of aromatic nitrogens is 2. The van der Waals surface area contributed by atoms with Gasteiger partial charge in [-0.05, 0) is 32.2 Å². The van der Waals surface area contributed by atoms with Crippen LogP contribution in [0.4, 0.5) is 5.13 Å². The quantitative estimate of drug-likeness (QED) is 0.353. The molecule has 9 heteroatoms. The Morgan fingerprint density at radius 2 is 2.00 bits per heavy atom. The molecule has 2 aliphatic rings. The first-order valence-corrected chi connectivity index (χ1v) is 11.3. The van der Waals surface area contributed by atoms with Gasteiger partial charge < -0.3 is 20.0 Å². The summed E-state index contributed by atoms with van der Waals surface area (Å²) in [6, 6.07) is 0. The van der Waals surface area contributed by atoms with Crippen LogP contribution in [0.25, 0.3) is 0 Å². The second kappa shape index (κ2) is 12.1. The number of piperazine rings is 1. The third-order valence-corrected chi connectivity index (χ3v) is 6.19. The number of nitrogens with zero attached hydrogens (tertiary/aromatic N) is 6. The van der Waals surface area contributed by atoms with Crippen LogP contribution in [-0.4, -0.2) is 84.0 Å². The molecule has 1 aromatic heterocycles. The second-order valence-electron chi connectivity index (χ2n) is 7.60. The number of aryl methyl sites for hydroxylation is 1. The molecule has 2 saturated heterocycles. The third kappa shape index (κ3) is 6.69. The summed E-state index contributed by atoms with van der Waals surface area (Å²) < 4.78 is 4.42. The van der Waals surface area contributed by atoms with Crippen LogP contribution in [0.15, 0.2) is 4.99 Å². The SMILES string of the molecule is CCNC(=NCCN1CCCC(C)C1)N1CCN(c2nc(CC)ns2)CC1.I. The van der Waals surface area contributed by atoms with Gasteiger partial charge in [-0.15, -0.1) is 24.0 Å². The fourth-order valence-electron chi connectivity index (χ4n) is 3.84. The van der Waals surface area contributed by atoms with Gasteiger partial charge in [-0.2, -0.15) is 4.37 Å². The molecule has 3 rings (SSSR count). The molecule has 0 amide bonds. The van der Waals surface area contributed by atoms with Crippen LogP contribution in [0.2, 0.25) is 0 Å². The molecule has 0 aromatic carbocycles. The number of anilines is 1. The van der Waals surface area contributed by atoms with Crippen LogP contribution in [-0.2, 0) is 6.42 Å². The van der Waals surface area contributed by atoms with Crippen molar-refractivity contribution < 1.29 is 0 Å². The molecule has 0 aliphatic carbocycles. The van der Waals surface area contributed by atoms with Gasteiger partial charge in [0, 0.05) is 63.8 Å². The van der Waals surface area contributed by atoms with Crippen LogP contribution in [0, 0.1) is 5.92 Å². The third-order valence-electron chi connectivity index (χ3n) is 5.38. The summed E-state index contributed by atoms with van der Waals surface area (Å²) >= 11 is 1.53. The number of likely N-dealkylation sites (tertiary alicyclic amines) is 1. The lowest BCUT2D eigenvalue weighted by atomic mass is 10.0. The molecule has 0 saturated carbocycles. The van der Waals surface area contributed by atoms with E-state index in [2.05, 4.69) is 50.1 Å². The Kier molecular flexibility index (Phi) is 10.2. The van der Waals surface area contributed by atoms with Crippen molar-refractivity contribution >= 4 is 46.6 Å². The van der Waals surface area contributed by atoms with E-state index >= 15 is 0 Å². The van der Waals surface area contributed by atoms with E-state index in [9.17, 15) is 0 Å². The molecule has 1 unspecified atom stereocenters. The van der Waals surface area contributed by atoms with E-state index in [1.54, 1.807) is 0 Å². The van der Waals surface area contributed by atoms with E-state index < -0.39 is 0 Å². The fourth-order valence-corrected chi connectivity index (χ4v) is 4.64. The van der Waals surface area contributed by atoms with Gasteiger partial charge in [0.2, 0.25) is 5.13 Å². The fraction of sp³-hybridized carbons (Fsp3) is 0.842. The minimum atomic E-state index is 0. The van der Waals surface area contributed by atoms with Crippen molar-refractivity contribution in [1.82, 2.24) is 24.5 Å². The van der Waals surface area contributed by atoms with Crippen LogP contribution >= 0.6 is 35.5 Å². The molecule has 2 fully saturated rings. The Morgan fingerprint density at radius 3 is 2.64 bits per heavy atom. The maximum atomic E-state index is 4.92. The molecule has 1 aromatic rings. The van der Waals surface area contributed by atoms with Crippen molar-refractivity contribution in [3.63, 3.8) is 0 Å². The number of aliphatic imine (C=N–C) groups is 1. The Labute approximate surface area is 191 Å². The standard InChI is InChI=1S/C19H35N7S.HI/c1-4-17-22-19(27-23-17)26-13-11-25(12-14-26)18(20-5-2)21-8-10-24-9-6-7-16(3)15-24;/h16H,4-15H2,1-3H3,(H,20,21);1H. The summed E-state index contributed by atoms with van der Waals surface area (Å²) in [6.45, 7) is 15.9. The first kappa shape index (κ1) is 23.6. The summed E-state index contributed by atoms with van der Waals surface area (Å²) in [5.74, 6) is 2.85. The van der Waals surface area contributed by atoms with Gasteiger partial charge in [0.25, 0.3) is 0 Å². The summed E-state index contributed by atoms with van der Waals surface area (Å²) in [5, 5.41) is 4.54.